The fourth-order valence-corrected chi connectivity index (χ4v) is 2.02. The van der Waals surface area contributed by atoms with E-state index in [1.54, 1.807) is 0 Å². The zero-order valence-electron chi connectivity index (χ0n) is 10.5. The number of benzene rings is 1. The normalized spacial score (nSPS) is 10.8. The Bertz CT molecular complexity index is 555. The van der Waals surface area contributed by atoms with Crippen molar-refractivity contribution in [3.05, 3.63) is 35.0 Å². The van der Waals surface area contributed by atoms with Crippen LogP contribution in [0.15, 0.2) is 18.3 Å². The highest BCUT2D eigenvalue weighted by Crippen LogP contribution is 2.24. The number of esters is 1. The maximum absolute atomic E-state index is 11.5. The predicted octanol–water partition coefficient (Wildman–Crippen LogP) is 2.89. The van der Waals surface area contributed by atoms with Crippen molar-refractivity contribution >= 4 is 16.9 Å². The van der Waals surface area contributed by atoms with Crippen LogP contribution in [-0.4, -0.2) is 17.6 Å². The SMILES string of the molecule is CCOC(=O)Cc1c[nH]c2c(C)c(C)ccc12. The van der Waals surface area contributed by atoms with Crippen molar-refractivity contribution in [1.82, 2.24) is 4.98 Å². The largest absolute Gasteiger partial charge is 0.466 e. The molecule has 0 aliphatic carbocycles. The molecule has 0 atom stereocenters. The number of carbonyl (C=O) groups excluding carboxylic acids is 1. The van der Waals surface area contributed by atoms with Crippen molar-refractivity contribution in [3.63, 3.8) is 0 Å². The summed E-state index contributed by atoms with van der Waals surface area (Å²) in [5.41, 5.74) is 4.60. The van der Waals surface area contributed by atoms with Crippen LogP contribution in [0.5, 0.6) is 0 Å². The van der Waals surface area contributed by atoms with Crippen molar-refractivity contribution in [2.45, 2.75) is 27.2 Å². The molecule has 1 heterocycles. The lowest BCUT2D eigenvalue weighted by Crippen LogP contribution is -2.06. The van der Waals surface area contributed by atoms with Crippen molar-refractivity contribution in [3.8, 4) is 0 Å². The van der Waals surface area contributed by atoms with Gasteiger partial charge in [0, 0.05) is 17.1 Å². The molecule has 0 aliphatic heterocycles. The number of H-pyrrole nitrogens is 1. The summed E-state index contributed by atoms with van der Waals surface area (Å²) < 4.78 is 4.97. The van der Waals surface area contributed by atoms with Crippen LogP contribution in [0.4, 0.5) is 0 Å². The highest BCUT2D eigenvalue weighted by atomic mass is 16.5. The molecule has 0 fully saturated rings. The summed E-state index contributed by atoms with van der Waals surface area (Å²) in [5.74, 6) is -0.174. The van der Waals surface area contributed by atoms with Gasteiger partial charge in [-0.1, -0.05) is 12.1 Å². The van der Waals surface area contributed by atoms with E-state index in [-0.39, 0.29) is 5.97 Å². The molecule has 0 unspecified atom stereocenters. The Morgan fingerprint density at radius 3 is 2.82 bits per heavy atom. The molecule has 2 aromatic rings. The highest BCUT2D eigenvalue weighted by Gasteiger charge is 2.11. The van der Waals surface area contributed by atoms with E-state index in [1.165, 1.54) is 11.1 Å². The number of aromatic amines is 1. The van der Waals surface area contributed by atoms with Gasteiger partial charge in [0.25, 0.3) is 0 Å². The lowest BCUT2D eigenvalue weighted by atomic mass is 10.0. The van der Waals surface area contributed by atoms with Gasteiger partial charge in [-0.25, -0.2) is 0 Å². The molecule has 90 valence electrons. The van der Waals surface area contributed by atoms with Gasteiger partial charge >= 0.3 is 5.97 Å². The molecule has 0 bridgehead atoms. The zero-order valence-corrected chi connectivity index (χ0v) is 10.5. The average Bonchev–Trinajstić information content (AvgIpc) is 2.68. The van der Waals surface area contributed by atoms with Crippen LogP contribution in [0.1, 0.15) is 23.6 Å². The topological polar surface area (TPSA) is 42.1 Å². The van der Waals surface area contributed by atoms with E-state index in [2.05, 4.69) is 31.0 Å². The number of hydrogen-bond donors (Lipinski definition) is 1. The minimum atomic E-state index is -0.174. The molecule has 2 rings (SSSR count). The van der Waals surface area contributed by atoms with Gasteiger partial charge in [-0.2, -0.15) is 0 Å². The van der Waals surface area contributed by atoms with Crippen LogP contribution >= 0.6 is 0 Å². The van der Waals surface area contributed by atoms with Gasteiger partial charge in [-0.3, -0.25) is 4.79 Å². The second-order valence-corrected chi connectivity index (χ2v) is 4.23. The number of aromatic nitrogens is 1. The molecule has 0 amide bonds. The van der Waals surface area contributed by atoms with E-state index in [4.69, 9.17) is 4.74 Å². The average molecular weight is 231 g/mol. The minimum Gasteiger partial charge on any atom is -0.466 e. The third-order valence-electron chi connectivity index (χ3n) is 3.11. The fourth-order valence-electron chi connectivity index (χ4n) is 2.02. The molecule has 0 saturated carbocycles. The number of aryl methyl sites for hydroxylation is 2. The first-order chi connectivity index (χ1) is 8.13. The zero-order chi connectivity index (χ0) is 12.4. The maximum Gasteiger partial charge on any atom is 0.310 e. The quantitative estimate of drug-likeness (QED) is 0.825. The Labute approximate surface area is 101 Å². The number of carbonyl (C=O) groups is 1. The minimum absolute atomic E-state index is 0.174. The molecule has 0 saturated heterocycles. The van der Waals surface area contributed by atoms with Gasteiger partial charge in [-0.05, 0) is 37.5 Å². The molecular weight excluding hydrogens is 214 g/mol. The summed E-state index contributed by atoms with van der Waals surface area (Å²) in [5, 5.41) is 1.11. The van der Waals surface area contributed by atoms with E-state index in [9.17, 15) is 4.79 Å². The molecule has 0 radical (unpaired) electrons. The number of nitrogens with one attached hydrogen (secondary N) is 1. The molecule has 3 heteroatoms. The summed E-state index contributed by atoms with van der Waals surface area (Å²) in [6.45, 7) is 6.42. The van der Waals surface area contributed by atoms with E-state index in [1.807, 2.05) is 13.1 Å². The van der Waals surface area contributed by atoms with E-state index >= 15 is 0 Å². The van der Waals surface area contributed by atoms with E-state index < -0.39 is 0 Å². The second kappa shape index (κ2) is 4.62. The number of hydrogen-bond acceptors (Lipinski definition) is 2. The fraction of sp³-hybridized carbons (Fsp3) is 0.357. The van der Waals surface area contributed by atoms with E-state index in [0.29, 0.717) is 13.0 Å². The number of fused-ring (bicyclic) bond motifs is 1. The van der Waals surface area contributed by atoms with Gasteiger partial charge in [0.1, 0.15) is 0 Å². The van der Waals surface area contributed by atoms with Crippen LogP contribution < -0.4 is 0 Å². The Morgan fingerprint density at radius 2 is 2.12 bits per heavy atom. The van der Waals surface area contributed by atoms with Gasteiger partial charge in [0.2, 0.25) is 0 Å². The summed E-state index contributed by atoms with van der Waals surface area (Å²) >= 11 is 0. The smallest absolute Gasteiger partial charge is 0.310 e. The van der Waals surface area contributed by atoms with Crippen molar-refractivity contribution in [1.29, 1.82) is 0 Å². The standard InChI is InChI=1S/C14H17NO2/c1-4-17-13(16)7-11-8-15-14-10(3)9(2)5-6-12(11)14/h5-6,8,15H,4,7H2,1-3H3. The molecule has 1 aromatic carbocycles. The first-order valence-electron chi connectivity index (χ1n) is 5.85. The summed E-state index contributed by atoms with van der Waals surface area (Å²) in [6.07, 6.45) is 2.23. The van der Waals surface area contributed by atoms with Crippen LogP contribution in [0.2, 0.25) is 0 Å². The molecule has 0 spiro atoms. The summed E-state index contributed by atoms with van der Waals surface area (Å²) in [4.78, 5) is 14.7. The molecule has 17 heavy (non-hydrogen) atoms. The Hall–Kier alpha value is -1.77. The highest BCUT2D eigenvalue weighted by molar-refractivity contribution is 5.89. The van der Waals surface area contributed by atoms with Crippen LogP contribution in [0.3, 0.4) is 0 Å². The lowest BCUT2D eigenvalue weighted by molar-refractivity contribution is -0.142. The molecule has 1 aromatic heterocycles. The first-order valence-corrected chi connectivity index (χ1v) is 5.85. The van der Waals surface area contributed by atoms with Gasteiger partial charge in [-0.15, -0.1) is 0 Å². The Morgan fingerprint density at radius 1 is 1.35 bits per heavy atom. The Kier molecular flexibility index (Phi) is 3.18. The first kappa shape index (κ1) is 11.7. The van der Waals surface area contributed by atoms with Crippen molar-refractivity contribution < 1.29 is 9.53 Å². The van der Waals surface area contributed by atoms with Crippen LogP contribution in [0, 0.1) is 13.8 Å². The number of rotatable bonds is 3. The van der Waals surface area contributed by atoms with Crippen LogP contribution in [0.25, 0.3) is 10.9 Å². The molecule has 3 nitrogen and oxygen atoms in total. The maximum atomic E-state index is 11.5. The van der Waals surface area contributed by atoms with Gasteiger partial charge < -0.3 is 9.72 Å². The van der Waals surface area contributed by atoms with Crippen molar-refractivity contribution in [2.24, 2.45) is 0 Å². The van der Waals surface area contributed by atoms with Crippen molar-refractivity contribution in [2.75, 3.05) is 6.61 Å². The van der Waals surface area contributed by atoms with Gasteiger partial charge in [0.05, 0.1) is 13.0 Å². The summed E-state index contributed by atoms with van der Waals surface area (Å²) in [7, 11) is 0. The molecule has 0 aliphatic rings. The van der Waals surface area contributed by atoms with Crippen LogP contribution in [-0.2, 0) is 16.0 Å². The predicted molar refractivity (Wildman–Crippen MR) is 68.1 cm³/mol. The monoisotopic (exact) mass is 231 g/mol. The van der Waals surface area contributed by atoms with E-state index in [0.717, 1.165) is 16.5 Å². The summed E-state index contributed by atoms with van der Waals surface area (Å²) in [6, 6.07) is 4.14. The number of ether oxygens (including phenoxy) is 1. The molecule has 1 N–H and O–H groups in total. The molecular formula is C14H17NO2. The second-order valence-electron chi connectivity index (χ2n) is 4.23. The third-order valence-corrected chi connectivity index (χ3v) is 3.11. The lowest BCUT2D eigenvalue weighted by Gasteiger charge is -2.03. The van der Waals surface area contributed by atoms with Gasteiger partial charge in [0.15, 0.2) is 0 Å². The third kappa shape index (κ3) is 2.18. The Balaban J connectivity index is 2.37.